The Morgan fingerprint density at radius 1 is 1.07 bits per heavy atom. The molecular formula is C23H34N4O3. The molecule has 0 aliphatic carbocycles. The molecule has 0 atom stereocenters. The number of anilines is 1. The fourth-order valence-corrected chi connectivity index (χ4v) is 4.50. The monoisotopic (exact) mass is 414 g/mol. The summed E-state index contributed by atoms with van der Waals surface area (Å²) in [5.41, 5.74) is 3.22. The molecule has 7 heteroatoms. The fraction of sp³-hybridized carbons (Fsp3) is 0.652. The van der Waals surface area contributed by atoms with Crippen molar-refractivity contribution in [3.63, 3.8) is 0 Å². The molecule has 2 saturated heterocycles. The van der Waals surface area contributed by atoms with Crippen molar-refractivity contribution < 1.29 is 14.0 Å². The number of hydrogen-bond donors (Lipinski definition) is 0. The largest absolute Gasteiger partial charge is 0.496 e. The van der Waals surface area contributed by atoms with Gasteiger partial charge >= 0.3 is 0 Å². The second-order valence-electron chi connectivity index (χ2n) is 9.38. The summed E-state index contributed by atoms with van der Waals surface area (Å²) >= 11 is 0. The van der Waals surface area contributed by atoms with Crippen LogP contribution in [0.15, 0.2) is 16.7 Å². The van der Waals surface area contributed by atoms with Gasteiger partial charge in [-0.3, -0.25) is 4.90 Å². The number of aromatic nitrogens is 2. The first kappa shape index (κ1) is 21.1. The third kappa shape index (κ3) is 4.32. The lowest BCUT2D eigenvalue weighted by Crippen LogP contribution is -2.49. The predicted octanol–water partition coefficient (Wildman–Crippen LogP) is 3.65. The van der Waals surface area contributed by atoms with Crippen molar-refractivity contribution in [1.82, 2.24) is 15.0 Å². The molecule has 2 aliphatic rings. The van der Waals surface area contributed by atoms with Crippen LogP contribution in [0.1, 0.15) is 44.7 Å². The zero-order valence-corrected chi connectivity index (χ0v) is 18.9. The molecule has 2 aliphatic heterocycles. The Morgan fingerprint density at radius 2 is 1.77 bits per heavy atom. The second-order valence-corrected chi connectivity index (χ2v) is 9.38. The summed E-state index contributed by atoms with van der Waals surface area (Å²) in [6.45, 7) is 14.3. The third-order valence-electron chi connectivity index (χ3n) is 6.31. The van der Waals surface area contributed by atoms with Crippen LogP contribution >= 0.6 is 0 Å². The van der Waals surface area contributed by atoms with Gasteiger partial charge in [-0.2, -0.15) is 4.98 Å². The number of methoxy groups -OCH3 is 1. The summed E-state index contributed by atoms with van der Waals surface area (Å²) in [7, 11) is 1.71. The normalized spacial score (nSPS) is 19.3. The van der Waals surface area contributed by atoms with E-state index in [1.165, 1.54) is 5.56 Å². The zero-order chi connectivity index (χ0) is 21.3. The Balaban J connectivity index is 1.48. The van der Waals surface area contributed by atoms with Crippen molar-refractivity contribution in [3.8, 4) is 17.2 Å². The molecule has 30 heavy (non-hydrogen) atoms. The highest BCUT2D eigenvalue weighted by molar-refractivity contribution is 5.64. The van der Waals surface area contributed by atoms with E-state index < -0.39 is 0 Å². The molecule has 0 amide bonds. The van der Waals surface area contributed by atoms with Crippen LogP contribution in [0.25, 0.3) is 11.5 Å². The van der Waals surface area contributed by atoms with Crippen LogP contribution in [-0.2, 0) is 10.2 Å². The van der Waals surface area contributed by atoms with E-state index in [-0.39, 0.29) is 5.41 Å². The van der Waals surface area contributed by atoms with E-state index >= 15 is 0 Å². The Kier molecular flexibility index (Phi) is 6.02. The lowest BCUT2D eigenvalue weighted by atomic mass is 9.84. The molecule has 0 spiro atoms. The fourth-order valence-electron chi connectivity index (χ4n) is 4.50. The lowest BCUT2D eigenvalue weighted by Gasteiger charge is -2.39. The van der Waals surface area contributed by atoms with Crippen LogP contribution in [0, 0.1) is 6.92 Å². The van der Waals surface area contributed by atoms with Crippen molar-refractivity contribution in [3.05, 3.63) is 23.3 Å². The number of hydrogen-bond acceptors (Lipinski definition) is 7. The van der Waals surface area contributed by atoms with Crippen LogP contribution in [0.2, 0.25) is 0 Å². The molecule has 0 bridgehead atoms. The number of ether oxygens (including phenoxy) is 2. The Morgan fingerprint density at radius 3 is 2.40 bits per heavy atom. The minimum Gasteiger partial charge on any atom is -0.496 e. The zero-order valence-electron chi connectivity index (χ0n) is 18.9. The molecule has 0 saturated carbocycles. The van der Waals surface area contributed by atoms with E-state index in [1.54, 1.807) is 7.11 Å². The molecule has 2 aromatic rings. The topological polar surface area (TPSA) is 63.9 Å². The molecule has 7 nitrogen and oxygen atoms in total. The SMILES string of the molecule is COc1cc(-c2nc(N3CCC(N4CCOCC4)CC3)no2)c(C)cc1C(C)(C)C. The summed E-state index contributed by atoms with van der Waals surface area (Å²) in [5.74, 6) is 2.09. The van der Waals surface area contributed by atoms with Crippen molar-refractivity contribution in [2.45, 2.75) is 52.0 Å². The van der Waals surface area contributed by atoms with Gasteiger partial charge in [0.2, 0.25) is 0 Å². The summed E-state index contributed by atoms with van der Waals surface area (Å²) in [6, 6.07) is 4.83. The van der Waals surface area contributed by atoms with Gasteiger partial charge in [-0.05, 0) is 47.5 Å². The van der Waals surface area contributed by atoms with Gasteiger partial charge in [0.1, 0.15) is 5.75 Å². The van der Waals surface area contributed by atoms with Crippen LogP contribution in [0.5, 0.6) is 5.75 Å². The smallest absolute Gasteiger partial charge is 0.266 e. The van der Waals surface area contributed by atoms with Gasteiger partial charge in [-0.25, -0.2) is 0 Å². The van der Waals surface area contributed by atoms with Crippen molar-refractivity contribution in [2.24, 2.45) is 0 Å². The van der Waals surface area contributed by atoms with Crippen molar-refractivity contribution in [1.29, 1.82) is 0 Å². The molecule has 1 aromatic carbocycles. The molecule has 2 fully saturated rings. The third-order valence-corrected chi connectivity index (χ3v) is 6.31. The van der Waals surface area contributed by atoms with Gasteiger partial charge in [0.05, 0.1) is 20.3 Å². The van der Waals surface area contributed by atoms with Gasteiger partial charge in [0.25, 0.3) is 11.8 Å². The number of morpholine rings is 1. The predicted molar refractivity (Wildman–Crippen MR) is 117 cm³/mol. The van der Waals surface area contributed by atoms with E-state index in [2.05, 4.69) is 48.7 Å². The van der Waals surface area contributed by atoms with Crippen LogP contribution in [-0.4, -0.2) is 67.6 Å². The summed E-state index contributed by atoms with van der Waals surface area (Å²) in [6.07, 6.45) is 2.24. The maximum atomic E-state index is 5.67. The lowest BCUT2D eigenvalue weighted by molar-refractivity contribution is 0.0114. The summed E-state index contributed by atoms with van der Waals surface area (Å²) in [4.78, 5) is 9.53. The Labute approximate surface area is 179 Å². The first-order valence-corrected chi connectivity index (χ1v) is 11.0. The average molecular weight is 415 g/mol. The van der Waals surface area contributed by atoms with Gasteiger partial charge in [0, 0.05) is 37.8 Å². The maximum absolute atomic E-state index is 5.67. The summed E-state index contributed by atoms with van der Waals surface area (Å²) < 4.78 is 16.8. The van der Waals surface area contributed by atoms with E-state index in [0.717, 1.165) is 69.1 Å². The molecule has 1 aromatic heterocycles. The highest BCUT2D eigenvalue weighted by Crippen LogP contribution is 2.37. The second kappa shape index (κ2) is 8.55. The first-order chi connectivity index (χ1) is 14.4. The highest BCUT2D eigenvalue weighted by atomic mass is 16.5. The van der Waals surface area contributed by atoms with Gasteiger partial charge in [-0.15, -0.1) is 0 Å². The molecule has 0 N–H and O–H groups in total. The average Bonchev–Trinajstić information content (AvgIpc) is 3.23. The van der Waals surface area contributed by atoms with Crippen LogP contribution in [0.4, 0.5) is 5.95 Å². The van der Waals surface area contributed by atoms with Gasteiger partial charge in [0.15, 0.2) is 0 Å². The van der Waals surface area contributed by atoms with Crippen LogP contribution in [0.3, 0.4) is 0 Å². The van der Waals surface area contributed by atoms with E-state index in [4.69, 9.17) is 19.0 Å². The number of nitrogens with zero attached hydrogens (tertiary/aromatic N) is 4. The Bertz CT molecular complexity index is 860. The Hall–Kier alpha value is -2.12. The van der Waals surface area contributed by atoms with Gasteiger partial charge in [-0.1, -0.05) is 26.8 Å². The van der Waals surface area contributed by atoms with E-state index in [9.17, 15) is 0 Å². The highest BCUT2D eigenvalue weighted by Gasteiger charge is 2.28. The van der Waals surface area contributed by atoms with Gasteiger partial charge < -0.3 is 18.9 Å². The molecule has 0 radical (unpaired) electrons. The minimum atomic E-state index is -0.000536. The molecule has 4 rings (SSSR count). The quantitative estimate of drug-likeness (QED) is 0.757. The standard InChI is InChI=1S/C23H34N4O3/c1-16-14-19(23(2,3)4)20(28-5)15-18(16)21-24-22(25-30-21)27-8-6-17(7-9-27)26-10-12-29-13-11-26/h14-15,17H,6-13H2,1-5H3. The first-order valence-electron chi connectivity index (χ1n) is 11.0. The van der Waals surface area contributed by atoms with E-state index in [1.807, 2.05) is 6.07 Å². The van der Waals surface area contributed by atoms with Crippen molar-refractivity contribution >= 4 is 5.95 Å². The van der Waals surface area contributed by atoms with Crippen LogP contribution < -0.4 is 9.64 Å². The number of rotatable bonds is 4. The molecule has 164 valence electrons. The molecule has 0 unspecified atom stereocenters. The minimum absolute atomic E-state index is 0.000536. The number of benzene rings is 1. The summed E-state index contributed by atoms with van der Waals surface area (Å²) in [5, 5.41) is 4.29. The van der Waals surface area contributed by atoms with E-state index in [0.29, 0.717) is 17.9 Å². The molecule has 3 heterocycles. The number of aryl methyl sites for hydroxylation is 1. The number of piperidine rings is 1. The van der Waals surface area contributed by atoms with Crippen molar-refractivity contribution in [2.75, 3.05) is 51.4 Å². The molecular weight excluding hydrogens is 380 g/mol. The maximum Gasteiger partial charge on any atom is 0.266 e.